The summed E-state index contributed by atoms with van der Waals surface area (Å²) in [5.41, 5.74) is 0.932. The Kier molecular flexibility index (Phi) is 3.01. The van der Waals surface area contributed by atoms with Crippen LogP contribution in [0.2, 0.25) is 0 Å². The number of aromatic amines is 1. The largest absolute Gasteiger partial charge is 0.342 e. The van der Waals surface area contributed by atoms with Gasteiger partial charge < -0.3 is 5.32 Å². The van der Waals surface area contributed by atoms with Gasteiger partial charge in [0.1, 0.15) is 17.0 Å². The Morgan fingerprint density at radius 3 is 3.00 bits per heavy atom. The maximum atomic E-state index is 12.2. The Balaban J connectivity index is 1.84. The summed E-state index contributed by atoms with van der Waals surface area (Å²) in [6.07, 6.45) is 1.42. The summed E-state index contributed by atoms with van der Waals surface area (Å²) < 4.78 is 1.80. The van der Waals surface area contributed by atoms with Crippen molar-refractivity contribution in [3.63, 3.8) is 0 Å². The first kappa shape index (κ1) is 12.8. The fourth-order valence-electron chi connectivity index (χ4n) is 2.08. The second-order valence-corrected chi connectivity index (χ2v) is 5.64. The number of H-pyrrole nitrogens is 1. The lowest BCUT2D eigenvalue weighted by Gasteiger charge is -2.09. The number of carbonyl (C=O) groups is 1. The SMILES string of the molecule is Cc1nn(C)c2sc(C(=O)NC(C)c3ncn[nH]3)cc12. The van der Waals surface area contributed by atoms with Crippen molar-refractivity contribution < 1.29 is 4.79 Å². The van der Waals surface area contributed by atoms with E-state index in [0.717, 1.165) is 15.9 Å². The van der Waals surface area contributed by atoms with Crippen molar-refractivity contribution >= 4 is 27.5 Å². The van der Waals surface area contributed by atoms with E-state index in [4.69, 9.17) is 0 Å². The third-order valence-corrected chi connectivity index (χ3v) is 4.31. The van der Waals surface area contributed by atoms with Crippen LogP contribution in [0.3, 0.4) is 0 Å². The first-order valence-corrected chi connectivity index (χ1v) is 6.97. The summed E-state index contributed by atoms with van der Waals surface area (Å²) in [6.45, 7) is 3.80. The summed E-state index contributed by atoms with van der Waals surface area (Å²) in [4.78, 5) is 17.9. The number of aromatic nitrogens is 5. The van der Waals surface area contributed by atoms with Gasteiger partial charge in [0, 0.05) is 12.4 Å². The van der Waals surface area contributed by atoms with E-state index in [0.29, 0.717) is 10.7 Å². The van der Waals surface area contributed by atoms with Gasteiger partial charge in [-0.05, 0) is 19.9 Å². The summed E-state index contributed by atoms with van der Waals surface area (Å²) in [7, 11) is 1.88. The number of nitrogens with zero attached hydrogens (tertiary/aromatic N) is 4. The molecule has 1 atom stereocenters. The lowest BCUT2D eigenvalue weighted by molar-refractivity contribution is 0.0942. The molecule has 8 heteroatoms. The number of hydrogen-bond donors (Lipinski definition) is 2. The summed E-state index contributed by atoms with van der Waals surface area (Å²) in [5.74, 6) is 0.520. The molecule has 104 valence electrons. The average Bonchev–Trinajstić information content (AvgIpc) is 3.11. The lowest BCUT2D eigenvalue weighted by atomic mass is 10.3. The fraction of sp³-hybridized carbons (Fsp3) is 0.333. The van der Waals surface area contributed by atoms with Crippen LogP contribution >= 0.6 is 11.3 Å². The van der Waals surface area contributed by atoms with Crippen LogP contribution < -0.4 is 5.32 Å². The van der Waals surface area contributed by atoms with Crippen molar-refractivity contribution in [2.75, 3.05) is 0 Å². The van der Waals surface area contributed by atoms with E-state index >= 15 is 0 Å². The molecule has 3 aromatic rings. The highest BCUT2D eigenvalue weighted by Gasteiger charge is 2.18. The Hall–Kier alpha value is -2.22. The molecule has 0 bridgehead atoms. The van der Waals surface area contributed by atoms with Gasteiger partial charge in [-0.2, -0.15) is 10.2 Å². The zero-order chi connectivity index (χ0) is 14.3. The summed E-state index contributed by atoms with van der Waals surface area (Å²) in [5, 5.41) is 14.8. The molecular formula is C12H14N6OS. The average molecular weight is 290 g/mol. The zero-order valence-electron chi connectivity index (χ0n) is 11.3. The maximum Gasteiger partial charge on any atom is 0.262 e. The monoisotopic (exact) mass is 290 g/mol. The molecule has 2 N–H and O–H groups in total. The number of fused-ring (bicyclic) bond motifs is 1. The molecule has 0 aliphatic heterocycles. The van der Waals surface area contributed by atoms with Crippen LogP contribution in [0.1, 0.15) is 34.2 Å². The molecule has 0 aromatic carbocycles. The van der Waals surface area contributed by atoms with Crippen molar-refractivity contribution in [2.45, 2.75) is 19.9 Å². The van der Waals surface area contributed by atoms with E-state index in [2.05, 4.69) is 25.6 Å². The van der Waals surface area contributed by atoms with Crippen LogP contribution in [-0.4, -0.2) is 30.9 Å². The van der Waals surface area contributed by atoms with E-state index < -0.39 is 0 Å². The van der Waals surface area contributed by atoms with Gasteiger partial charge in [0.25, 0.3) is 5.91 Å². The molecule has 1 unspecified atom stereocenters. The molecule has 0 saturated heterocycles. The summed E-state index contributed by atoms with van der Waals surface area (Å²) >= 11 is 1.43. The maximum absolute atomic E-state index is 12.2. The van der Waals surface area contributed by atoms with Gasteiger partial charge in [0.15, 0.2) is 0 Å². The minimum Gasteiger partial charge on any atom is -0.342 e. The molecule has 0 aliphatic rings. The molecular weight excluding hydrogens is 276 g/mol. The van der Waals surface area contributed by atoms with Crippen molar-refractivity contribution in [3.8, 4) is 0 Å². The second kappa shape index (κ2) is 4.71. The van der Waals surface area contributed by atoms with E-state index in [1.54, 1.807) is 4.68 Å². The summed E-state index contributed by atoms with van der Waals surface area (Å²) in [6, 6.07) is 1.67. The van der Waals surface area contributed by atoms with Crippen molar-refractivity contribution in [3.05, 3.63) is 28.8 Å². The van der Waals surface area contributed by atoms with Crippen LogP contribution in [0.15, 0.2) is 12.4 Å². The predicted molar refractivity (Wildman–Crippen MR) is 75.6 cm³/mol. The minimum atomic E-state index is -0.213. The number of hydrogen-bond acceptors (Lipinski definition) is 5. The van der Waals surface area contributed by atoms with Crippen LogP contribution in [0.25, 0.3) is 10.2 Å². The van der Waals surface area contributed by atoms with Crippen LogP contribution in [0.4, 0.5) is 0 Å². The number of nitrogens with one attached hydrogen (secondary N) is 2. The molecule has 1 amide bonds. The highest BCUT2D eigenvalue weighted by molar-refractivity contribution is 7.20. The first-order chi connectivity index (χ1) is 9.56. The Bertz CT molecular complexity index is 722. The highest BCUT2D eigenvalue weighted by Crippen LogP contribution is 2.27. The van der Waals surface area contributed by atoms with Gasteiger partial charge >= 0.3 is 0 Å². The predicted octanol–water partition coefficient (Wildman–Crippen LogP) is 1.55. The number of rotatable bonds is 3. The van der Waals surface area contributed by atoms with Crippen LogP contribution in [0, 0.1) is 6.92 Å². The van der Waals surface area contributed by atoms with Gasteiger partial charge in [0.2, 0.25) is 0 Å². The molecule has 0 radical (unpaired) electrons. The smallest absolute Gasteiger partial charge is 0.262 e. The Morgan fingerprint density at radius 2 is 2.35 bits per heavy atom. The van der Waals surface area contributed by atoms with Crippen LogP contribution in [-0.2, 0) is 7.05 Å². The van der Waals surface area contributed by atoms with Gasteiger partial charge in [-0.1, -0.05) is 0 Å². The van der Waals surface area contributed by atoms with Gasteiger partial charge in [-0.25, -0.2) is 4.98 Å². The van der Waals surface area contributed by atoms with Gasteiger partial charge in [-0.15, -0.1) is 11.3 Å². The molecule has 3 heterocycles. The normalized spacial score (nSPS) is 12.8. The first-order valence-electron chi connectivity index (χ1n) is 6.15. The third kappa shape index (κ3) is 2.07. The van der Waals surface area contributed by atoms with E-state index in [9.17, 15) is 4.79 Å². The minimum absolute atomic E-state index is 0.116. The van der Waals surface area contributed by atoms with Gasteiger partial charge in [-0.3, -0.25) is 14.6 Å². The Labute approximate surface area is 119 Å². The van der Waals surface area contributed by atoms with E-state index in [-0.39, 0.29) is 11.9 Å². The quantitative estimate of drug-likeness (QED) is 0.766. The molecule has 20 heavy (non-hydrogen) atoms. The third-order valence-electron chi connectivity index (χ3n) is 3.11. The number of thiophene rings is 1. The van der Waals surface area contributed by atoms with E-state index in [1.165, 1.54) is 17.7 Å². The van der Waals surface area contributed by atoms with E-state index in [1.807, 2.05) is 27.0 Å². The standard InChI is InChI=1S/C12H14N6OS/c1-6-8-4-9(20-12(8)18(3)17-6)11(19)15-7(2)10-13-5-14-16-10/h4-5,7H,1-3H3,(H,15,19)(H,13,14,16). The molecule has 3 rings (SSSR count). The topological polar surface area (TPSA) is 88.5 Å². The number of amides is 1. The number of aryl methyl sites for hydroxylation is 2. The molecule has 3 aromatic heterocycles. The highest BCUT2D eigenvalue weighted by atomic mass is 32.1. The fourth-order valence-corrected chi connectivity index (χ4v) is 3.10. The molecule has 0 saturated carbocycles. The zero-order valence-corrected chi connectivity index (χ0v) is 12.2. The molecule has 0 aliphatic carbocycles. The van der Waals surface area contributed by atoms with Crippen molar-refractivity contribution in [2.24, 2.45) is 7.05 Å². The lowest BCUT2D eigenvalue weighted by Crippen LogP contribution is -2.26. The molecule has 7 nitrogen and oxygen atoms in total. The van der Waals surface area contributed by atoms with Crippen molar-refractivity contribution in [1.29, 1.82) is 0 Å². The number of carbonyl (C=O) groups excluding carboxylic acids is 1. The molecule has 0 spiro atoms. The Morgan fingerprint density at radius 1 is 1.55 bits per heavy atom. The second-order valence-electron chi connectivity index (χ2n) is 4.60. The van der Waals surface area contributed by atoms with Crippen molar-refractivity contribution in [1.82, 2.24) is 30.3 Å². The molecule has 0 fully saturated rings. The van der Waals surface area contributed by atoms with Gasteiger partial charge in [0.05, 0.1) is 16.6 Å². The van der Waals surface area contributed by atoms with Crippen LogP contribution in [0.5, 0.6) is 0 Å².